The summed E-state index contributed by atoms with van der Waals surface area (Å²) in [6.07, 6.45) is 1.75. The van der Waals surface area contributed by atoms with Crippen LogP contribution in [0.2, 0.25) is 10.0 Å². The summed E-state index contributed by atoms with van der Waals surface area (Å²) in [5, 5.41) is 2.09. The molecule has 2 N–H and O–H groups in total. The molecule has 0 saturated carbocycles. The van der Waals surface area contributed by atoms with Gasteiger partial charge in [-0.1, -0.05) is 47.5 Å². The molecule has 1 atom stereocenters. The number of rotatable bonds is 5. The Balaban J connectivity index is 1.57. The fourth-order valence-corrected chi connectivity index (χ4v) is 3.46. The van der Waals surface area contributed by atoms with Crippen LogP contribution in [0.5, 0.6) is 0 Å². The molecular formula is C20H18Cl2N4O. The second-order valence-corrected chi connectivity index (χ2v) is 7.29. The summed E-state index contributed by atoms with van der Waals surface area (Å²) < 4.78 is 8.05. The highest BCUT2D eigenvalue weighted by Gasteiger charge is 2.14. The summed E-state index contributed by atoms with van der Waals surface area (Å²) in [6.45, 7) is 3.12. The molecule has 0 aliphatic carbocycles. The molecule has 0 amide bonds. The molecule has 2 heterocycles. The zero-order valence-corrected chi connectivity index (χ0v) is 16.2. The number of halogens is 2. The average Bonchev–Trinajstić information content (AvgIpc) is 3.07. The van der Waals surface area contributed by atoms with Crippen LogP contribution in [0.3, 0.4) is 0 Å². The van der Waals surface area contributed by atoms with Gasteiger partial charge in [-0.15, -0.1) is 0 Å². The quantitative estimate of drug-likeness (QED) is 0.507. The fourth-order valence-electron chi connectivity index (χ4n) is 3.14. The van der Waals surface area contributed by atoms with Crippen LogP contribution in [-0.2, 0) is 17.9 Å². The Hall–Kier alpha value is -2.34. The van der Waals surface area contributed by atoms with Gasteiger partial charge in [-0.3, -0.25) is 0 Å². The first kappa shape index (κ1) is 18.0. The standard InChI is InChI=1S/C20H18Cl2N4O/c1-12(27-10-13-6-7-15(21)16(22)8-13)9-26-11-24-18-19(26)14-4-2-3-5-17(14)25-20(18)23/h2-8,11-12H,9-10H2,1H3,(H2,23,25). The molecule has 0 aliphatic rings. The van der Waals surface area contributed by atoms with Crippen molar-refractivity contribution in [2.24, 2.45) is 0 Å². The van der Waals surface area contributed by atoms with Crippen molar-refractivity contribution < 1.29 is 4.74 Å². The summed E-state index contributed by atoms with van der Waals surface area (Å²) in [4.78, 5) is 8.88. The maximum Gasteiger partial charge on any atom is 0.152 e. The summed E-state index contributed by atoms with van der Waals surface area (Å²) in [6, 6.07) is 13.4. The molecule has 7 heteroatoms. The first-order chi connectivity index (χ1) is 13.0. The Morgan fingerprint density at radius 3 is 2.78 bits per heavy atom. The number of hydrogen-bond donors (Lipinski definition) is 1. The van der Waals surface area contributed by atoms with Crippen LogP contribution in [0.1, 0.15) is 12.5 Å². The molecule has 4 aromatic rings. The molecule has 0 saturated heterocycles. The van der Waals surface area contributed by atoms with E-state index in [2.05, 4.69) is 14.5 Å². The van der Waals surface area contributed by atoms with Gasteiger partial charge in [-0.25, -0.2) is 9.97 Å². The first-order valence-electron chi connectivity index (χ1n) is 8.57. The minimum atomic E-state index is -0.0370. The third-order valence-corrected chi connectivity index (χ3v) is 5.19. The summed E-state index contributed by atoms with van der Waals surface area (Å²) in [5.74, 6) is 0.437. The highest BCUT2D eigenvalue weighted by Crippen LogP contribution is 2.27. The van der Waals surface area contributed by atoms with Crippen molar-refractivity contribution >= 4 is 51.0 Å². The zero-order chi connectivity index (χ0) is 19.0. The van der Waals surface area contributed by atoms with E-state index < -0.39 is 0 Å². The monoisotopic (exact) mass is 400 g/mol. The number of aromatic nitrogens is 3. The zero-order valence-electron chi connectivity index (χ0n) is 14.7. The Morgan fingerprint density at radius 1 is 1.15 bits per heavy atom. The maximum absolute atomic E-state index is 6.09. The molecule has 2 aromatic carbocycles. The largest absolute Gasteiger partial charge is 0.382 e. The molecule has 27 heavy (non-hydrogen) atoms. The number of anilines is 1. The van der Waals surface area contributed by atoms with Crippen LogP contribution < -0.4 is 5.73 Å². The van der Waals surface area contributed by atoms with Crippen molar-refractivity contribution in [1.29, 1.82) is 0 Å². The second-order valence-electron chi connectivity index (χ2n) is 6.48. The van der Waals surface area contributed by atoms with Crippen LogP contribution in [0, 0.1) is 0 Å². The Labute approximate surface area is 166 Å². The van der Waals surface area contributed by atoms with Gasteiger partial charge in [0.1, 0.15) is 5.52 Å². The number of para-hydroxylation sites is 1. The van der Waals surface area contributed by atoms with Crippen molar-refractivity contribution in [3.8, 4) is 0 Å². The SMILES string of the molecule is CC(Cn1cnc2c(N)nc3ccccc3c21)OCc1ccc(Cl)c(Cl)c1. The molecule has 4 rings (SSSR count). The molecule has 2 aromatic heterocycles. The summed E-state index contributed by atoms with van der Waals surface area (Å²) in [7, 11) is 0. The topological polar surface area (TPSA) is 66.0 Å². The van der Waals surface area contributed by atoms with E-state index in [1.165, 1.54) is 0 Å². The van der Waals surface area contributed by atoms with E-state index in [4.69, 9.17) is 33.7 Å². The number of pyridine rings is 1. The van der Waals surface area contributed by atoms with Gasteiger partial charge < -0.3 is 15.0 Å². The Kier molecular flexibility index (Phi) is 4.91. The molecular weight excluding hydrogens is 383 g/mol. The minimum Gasteiger partial charge on any atom is -0.382 e. The number of benzene rings is 2. The van der Waals surface area contributed by atoms with E-state index in [0.717, 1.165) is 22.0 Å². The first-order valence-corrected chi connectivity index (χ1v) is 9.33. The van der Waals surface area contributed by atoms with E-state index in [0.29, 0.717) is 34.5 Å². The molecule has 0 spiro atoms. The van der Waals surface area contributed by atoms with Crippen molar-refractivity contribution in [3.05, 3.63) is 64.4 Å². The third kappa shape index (κ3) is 3.58. The smallest absolute Gasteiger partial charge is 0.152 e. The lowest BCUT2D eigenvalue weighted by atomic mass is 10.2. The van der Waals surface area contributed by atoms with Gasteiger partial charge in [0.15, 0.2) is 5.82 Å². The van der Waals surface area contributed by atoms with E-state index >= 15 is 0 Å². The van der Waals surface area contributed by atoms with Gasteiger partial charge in [0, 0.05) is 5.39 Å². The van der Waals surface area contributed by atoms with Gasteiger partial charge in [0.25, 0.3) is 0 Å². The maximum atomic E-state index is 6.09. The Morgan fingerprint density at radius 2 is 1.96 bits per heavy atom. The van der Waals surface area contributed by atoms with Crippen molar-refractivity contribution in [3.63, 3.8) is 0 Å². The fraction of sp³-hybridized carbons (Fsp3) is 0.200. The van der Waals surface area contributed by atoms with Crippen molar-refractivity contribution in [2.75, 3.05) is 5.73 Å². The molecule has 1 unspecified atom stereocenters. The van der Waals surface area contributed by atoms with Gasteiger partial charge >= 0.3 is 0 Å². The molecule has 0 bridgehead atoms. The minimum absolute atomic E-state index is 0.0370. The summed E-state index contributed by atoms with van der Waals surface area (Å²) >= 11 is 12.0. The van der Waals surface area contributed by atoms with Gasteiger partial charge in [-0.05, 0) is 30.7 Å². The lowest BCUT2D eigenvalue weighted by Crippen LogP contribution is -2.16. The van der Waals surface area contributed by atoms with E-state index in [1.807, 2.05) is 43.3 Å². The lowest BCUT2D eigenvalue weighted by Gasteiger charge is -2.15. The van der Waals surface area contributed by atoms with E-state index in [1.54, 1.807) is 12.4 Å². The molecule has 5 nitrogen and oxygen atoms in total. The summed E-state index contributed by atoms with van der Waals surface area (Å²) in [5.41, 5.74) is 9.61. The van der Waals surface area contributed by atoms with Crippen molar-refractivity contribution in [2.45, 2.75) is 26.2 Å². The number of fused-ring (bicyclic) bond motifs is 3. The van der Waals surface area contributed by atoms with E-state index in [9.17, 15) is 0 Å². The normalized spacial score (nSPS) is 12.7. The lowest BCUT2D eigenvalue weighted by molar-refractivity contribution is 0.0426. The van der Waals surface area contributed by atoms with Crippen LogP contribution in [0.4, 0.5) is 5.82 Å². The van der Waals surface area contributed by atoms with Crippen LogP contribution in [0.15, 0.2) is 48.8 Å². The number of nitrogens with zero attached hydrogens (tertiary/aromatic N) is 3. The number of imidazole rings is 1. The molecule has 0 fully saturated rings. The predicted octanol–water partition coefficient (Wildman–Crippen LogP) is 5.08. The van der Waals surface area contributed by atoms with Gasteiger partial charge in [0.05, 0.1) is 46.7 Å². The highest BCUT2D eigenvalue weighted by atomic mass is 35.5. The third-order valence-electron chi connectivity index (χ3n) is 4.45. The molecule has 138 valence electrons. The number of hydrogen-bond acceptors (Lipinski definition) is 4. The molecule has 0 aliphatic heterocycles. The van der Waals surface area contributed by atoms with Crippen LogP contribution in [0.25, 0.3) is 21.9 Å². The predicted molar refractivity (Wildman–Crippen MR) is 110 cm³/mol. The number of nitrogen functional groups attached to an aromatic ring is 1. The van der Waals surface area contributed by atoms with Crippen molar-refractivity contribution in [1.82, 2.24) is 14.5 Å². The number of ether oxygens (including phenoxy) is 1. The van der Waals surface area contributed by atoms with Crippen LogP contribution >= 0.6 is 23.2 Å². The highest BCUT2D eigenvalue weighted by molar-refractivity contribution is 6.42. The number of nitrogens with two attached hydrogens (primary N) is 1. The average molecular weight is 401 g/mol. The second kappa shape index (κ2) is 7.35. The van der Waals surface area contributed by atoms with Crippen LogP contribution in [-0.4, -0.2) is 20.6 Å². The molecule has 0 radical (unpaired) electrons. The Bertz CT molecular complexity index is 1130. The van der Waals surface area contributed by atoms with Gasteiger partial charge in [-0.2, -0.15) is 0 Å². The van der Waals surface area contributed by atoms with E-state index in [-0.39, 0.29) is 6.10 Å². The van der Waals surface area contributed by atoms with Gasteiger partial charge in [0.2, 0.25) is 0 Å².